The molecule has 0 fully saturated rings. The summed E-state index contributed by atoms with van der Waals surface area (Å²) in [5.74, 6) is -3.48. The monoisotopic (exact) mass is 288 g/mol. The lowest BCUT2D eigenvalue weighted by atomic mass is 10.3. The molecule has 0 radical (unpaired) electrons. The summed E-state index contributed by atoms with van der Waals surface area (Å²) in [6.07, 6.45) is -0.637. The Morgan fingerprint density at radius 1 is 1.26 bits per heavy atom. The molecular formula is C12H13FO5S. The molecule has 7 heteroatoms. The molecule has 0 aromatic heterocycles. The van der Waals surface area contributed by atoms with Crippen LogP contribution in [0.4, 0.5) is 4.39 Å². The SMILES string of the molecule is CCOC(=O)CC(=O)CS(=O)(=O)c1ccccc1F. The predicted octanol–water partition coefficient (Wildman–Crippen LogP) is 1.12. The standard InChI is InChI=1S/C12H13FO5S/c1-2-18-12(15)7-9(14)8-19(16,17)11-6-4-3-5-10(11)13/h3-6H,2,7-8H2,1H3. The largest absolute Gasteiger partial charge is 0.466 e. The Balaban J connectivity index is 2.79. The Morgan fingerprint density at radius 2 is 1.89 bits per heavy atom. The van der Waals surface area contributed by atoms with E-state index in [1.54, 1.807) is 6.92 Å². The van der Waals surface area contributed by atoms with Crippen LogP contribution in [0.2, 0.25) is 0 Å². The van der Waals surface area contributed by atoms with Crippen LogP contribution < -0.4 is 0 Å². The first-order valence-corrected chi connectivity index (χ1v) is 7.16. The fourth-order valence-electron chi connectivity index (χ4n) is 1.41. The molecule has 0 aliphatic carbocycles. The van der Waals surface area contributed by atoms with Gasteiger partial charge in [-0.05, 0) is 19.1 Å². The first kappa shape index (κ1) is 15.3. The fourth-order valence-corrected chi connectivity index (χ4v) is 2.74. The van der Waals surface area contributed by atoms with Crippen LogP contribution in [0.15, 0.2) is 29.2 Å². The molecule has 0 heterocycles. The quantitative estimate of drug-likeness (QED) is 0.579. The molecule has 1 aromatic carbocycles. The average molecular weight is 288 g/mol. The number of rotatable bonds is 6. The first-order chi connectivity index (χ1) is 8.86. The van der Waals surface area contributed by atoms with Crippen molar-refractivity contribution in [1.82, 2.24) is 0 Å². The van der Waals surface area contributed by atoms with Crippen molar-refractivity contribution < 1.29 is 27.1 Å². The summed E-state index contributed by atoms with van der Waals surface area (Å²) in [5.41, 5.74) is 0. The number of carbonyl (C=O) groups excluding carboxylic acids is 2. The van der Waals surface area contributed by atoms with Crippen LogP contribution in [0.1, 0.15) is 13.3 Å². The predicted molar refractivity (Wildman–Crippen MR) is 64.7 cm³/mol. The molecule has 0 atom stereocenters. The van der Waals surface area contributed by atoms with Gasteiger partial charge in [-0.15, -0.1) is 0 Å². The van der Waals surface area contributed by atoms with Crippen molar-refractivity contribution in [3.05, 3.63) is 30.1 Å². The lowest BCUT2D eigenvalue weighted by Crippen LogP contribution is -2.20. The van der Waals surface area contributed by atoms with Crippen molar-refractivity contribution in [3.63, 3.8) is 0 Å². The second kappa shape index (κ2) is 6.42. The maximum absolute atomic E-state index is 13.3. The van der Waals surface area contributed by atoms with Crippen molar-refractivity contribution in [1.29, 1.82) is 0 Å². The maximum atomic E-state index is 13.3. The normalized spacial score (nSPS) is 11.1. The molecule has 0 bridgehead atoms. The third-order valence-electron chi connectivity index (χ3n) is 2.17. The molecule has 0 aliphatic heterocycles. The van der Waals surface area contributed by atoms with E-state index in [4.69, 9.17) is 0 Å². The van der Waals surface area contributed by atoms with Gasteiger partial charge >= 0.3 is 5.97 Å². The molecule has 0 spiro atoms. The van der Waals surface area contributed by atoms with E-state index in [1.165, 1.54) is 12.1 Å². The Bertz CT molecular complexity index is 580. The minimum absolute atomic E-state index is 0.103. The van der Waals surface area contributed by atoms with Gasteiger partial charge in [0.25, 0.3) is 0 Å². The van der Waals surface area contributed by atoms with Crippen molar-refractivity contribution in [3.8, 4) is 0 Å². The number of sulfone groups is 1. The molecule has 0 amide bonds. The Morgan fingerprint density at radius 3 is 2.47 bits per heavy atom. The van der Waals surface area contributed by atoms with Gasteiger partial charge in [-0.2, -0.15) is 0 Å². The smallest absolute Gasteiger partial charge is 0.313 e. The van der Waals surface area contributed by atoms with Gasteiger partial charge in [0.2, 0.25) is 0 Å². The van der Waals surface area contributed by atoms with E-state index in [0.717, 1.165) is 12.1 Å². The van der Waals surface area contributed by atoms with Crippen molar-refractivity contribution in [2.24, 2.45) is 0 Å². The summed E-state index contributed by atoms with van der Waals surface area (Å²) in [5, 5.41) is 0. The summed E-state index contributed by atoms with van der Waals surface area (Å²) in [7, 11) is -4.08. The summed E-state index contributed by atoms with van der Waals surface area (Å²) >= 11 is 0. The number of esters is 1. The zero-order valence-corrected chi connectivity index (χ0v) is 11.1. The second-order valence-corrected chi connectivity index (χ2v) is 5.67. The zero-order chi connectivity index (χ0) is 14.5. The number of benzene rings is 1. The Hall–Kier alpha value is -1.76. The number of ketones is 1. The summed E-state index contributed by atoms with van der Waals surface area (Å²) in [6.45, 7) is 1.67. The lowest BCUT2D eigenvalue weighted by molar-refractivity contribution is -0.145. The highest BCUT2D eigenvalue weighted by Crippen LogP contribution is 2.15. The summed E-state index contributed by atoms with van der Waals surface area (Å²) in [4.78, 5) is 21.9. The van der Waals surface area contributed by atoms with Gasteiger partial charge in [-0.3, -0.25) is 9.59 Å². The molecule has 0 saturated carbocycles. The molecule has 104 valence electrons. The molecule has 5 nitrogen and oxygen atoms in total. The third-order valence-corrected chi connectivity index (χ3v) is 3.87. The topological polar surface area (TPSA) is 77.5 Å². The van der Waals surface area contributed by atoms with E-state index in [0.29, 0.717) is 0 Å². The molecule has 0 unspecified atom stereocenters. The molecule has 1 aromatic rings. The zero-order valence-electron chi connectivity index (χ0n) is 10.3. The molecule has 0 N–H and O–H groups in total. The highest BCUT2D eigenvalue weighted by molar-refractivity contribution is 7.92. The van der Waals surface area contributed by atoms with Gasteiger partial charge in [0.1, 0.15) is 22.9 Å². The number of hydrogen-bond acceptors (Lipinski definition) is 5. The molecular weight excluding hydrogens is 275 g/mol. The van der Waals surface area contributed by atoms with E-state index in [9.17, 15) is 22.4 Å². The van der Waals surface area contributed by atoms with Gasteiger partial charge in [0.15, 0.2) is 15.6 Å². The van der Waals surface area contributed by atoms with Crippen LogP contribution in [0.3, 0.4) is 0 Å². The van der Waals surface area contributed by atoms with E-state index >= 15 is 0 Å². The number of halogens is 1. The van der Waals surface area contributed by atoms with E-state index < -0.39 is 44.5 Å². The Labute approximate surface area is 110 Å². The molecule has 1 rings (SSSR count). The van der Waals surface area contributed by atoms with E-state index in [-0.39, 0.29) is 6.61 Å². The van der Waals surface area contributed by atoms with Crippen LogP contribution >= 0.6 is 0 Å². The Kier molecular flexibility index (Phi) is 5.17. The minimum atomic E-state index is -4.08. The van der Waals surface area contributed by atoms with Crippen molar-refractivity contribution in [2.75, 3.05) is 12.4 Å². The first-order valence-electron chi connectivity index (χ1n) is 5.51. The second-order valence-electron chi connectivity index (χ2n) is 3.71. The third kappa shape index (κ3) is 4.44. The van der Waals surface area contributed by atoms with Crippen LogP contribution in [-0.4, -0.2) is 32.5 Å². The van der Waals surface area contributed by atoms with E-state index in [1.807, 2.05) is 0 Å². The highest BCUT2D eigenvalue weighted by Gasteiger charge is 2.24. The number of Topliss-reactive ketones (excluding diaryl/α,β-unsaturated/α-hetero) is 1. The fraction of sp³-hybridized carbons (Fsp3) is 0.333. The van der Waals surface area contributed by atoms with Crippen LogP contribution in [0, 0.1) is 5.82 Å². The minimum Gasteiger partial charge on any atom is -0.466 e. The molecule has 0 aliphatic rings. The summed E-state index contributed by atoms with van der Waals surface area (Å²) in [6, 6.07) is 4.76. The van der Waals surface area contributed by atoms with Crippen LogP contribution in [0.5, 0.6) is 0 Å². The van der Waals surface area contributed by atoms with Gasteiger partial charge in [-0.25, -0.2) is 12.8 Å². The molecule has 0 saturated heterocycles. The van der Waals surface area contributed by atoms with Crippen molar-refractivity contribution >= 4 is 21.6 Å². The maximum Gasteiger partial charge on any atom is 0.313 e. The number of carbonyl (C=O) groups is 2. The summed E-state index contributed by atoms with van der Waals surface area (Å²) < 4.78 is 41.4. The average Bonchev–Trinajstić information content (AvgIpc) is 2.28. The van der Waals surface area contributed by atoms with Gasteiger partial charge in [0, 0.05) is 0 Å². The van der Waals surface area contributed by atoms with Crippen molar-refractivity contribution in [2.45, 2.75) is 18.2 Å². The van der Waals surface area contributed by atoms with Gasteiger partial charge in [0.05, 0.1) is 6.61 Å². The number of ether oxygens (including phenoxy) is 1. The number of hydrogen-bond donors (Lipinski definition) is 0. The van der Waals surface area contributed by atoms with E-state index in [2.05, 4.69) is 4.74 Å². The van der Waals surface area contributed by atoms with Gasteiger partial charge < -0.3 is 4.74 Å². The highest BCUT2D eigenvalue weighted by atomic mass is 32.2. The lowest BCUT2D eigenvalue weighted by Gasteiger charge is -2.05. The molecule has 19 heavy (non-hydrogen) atoms. The van der Waals surface area contributed by atoms with Crippen LogP contribution in [-0.2, 0) is 24.2 Å². The van der Waals surface area contributed by atoms with Crippen LogP contribution in [0.25, 0.3) is 0 Å². The van der Waals surface area contributed by atoms with Gasteiger partial charge in [-0.1, -0.05) is 12.1 Å².